The van der Waals surface area contributed by atoms with Crippen molar-refractivity contribution >= 4 is 11.9 Å². The van der Waals surface area contributed by atoms with E-state index in [4.69, 9.17) is 14.2 Å². The minimum Gasteiger partial charge on any atom is -0.497 e. The van der Waals surface area contributed by atoms with Crippen LogP contribution in [0.5, 0.6) is 17.2 Å². The monoisotopic (exact) mass is 368 g/mol. The van der Waals surface area contributed by atoms with Crippen LogP contribution in [0.1, 0.15) is 43.0 Å². The number of hydrogen-bond acceptors (Lipinski definition) is 5. The van der Waals surface area contributed by atoms with E-state index in [1.54, 1.807) is 55.6 Å². The molecule has 0 spiro atoms. The maximum Gasteiger partial charge on any atom is 0.343 e. The third-order valence-electron chi connectivity index (χ3n) is 3.81. The van der Waals surface area contributed by atoms with Crippen LogP contribution >= 0.6 is 0 Å². The molecule has 5 nitrogen and oxygen atoms in total. The van der Waals surface area contributed by atoms with E-state index in [-0.39, 0.29) is 0 Å². The van der Waals surface area contributed by atoms with Crippen molar-refractivity contribution in [1.82, 2.24) is 0 Å². The number of methoxy groups -OCH3 is 1. The Morgan fingerprint density at radius 2 is 1.44 bits per heavy atom. The summed E-state index contributed by atoms with van der Waals surface area (Å²) in [4.78, 5) is 23.9. The number of rotatable bonds is 9. The SMILES string of the molecule is CCCCCC=CC(=O)Oc1ccc(C(=O)Oc2ccc(OC)cc2)cc1. The quantitative estimate of drug-likeness (QED) is 0.271. The number of allylic oxidation sites excluding steroid dienone is 1. The van der Waals surface area contributed by atoms with Crippen LogP contribution in [0.4, 0.5) is 0 Å². The standard InChI is InChI=1S/C22H24O5/c1-3-4-5-6-7-8-21(23)26-19-11-9-17(10-12-19)22(24)27-20-15-13-18(25-2)14-16-20/h7-16H,3-6H2,1-2H3. The average molecular weight is 368 g/mol. The fourth-order valence-electron chi connectivity index (χ4n) is 2.31. The normalized spacial score (nSPS) is 10.6. The molecule has 27 heavy (non-hydrogen) atoms. The summed E-state index contributed by atoms with van der Waals surface area (Å²) in [6.45, 7) is 2.13. The summed E-state index contributed by atoms with van der Waals surface area (Å²) in [5.41, 5.74) is 0.362. The van der Waals surface area contributed by atoms with Gasteiger partial charge in [0, 0.05) is 6.08 Å². The number of esters is 2. The van der Waals surface area contributed by atoms with E-state index in [0.29, 0.717) is 22.8 Å². The van der Waals surface area contributed by atoms with E-state index >= 15 is 0 Å². The van der Waals surface area contributed by atoms with Crippen LogP contribution in [-0.2, 0) is 4.79 Å². The lowest BCUT2D eigenvalue weighted by molar-refractivity contribution is -0.129. The van der Waals surface area contributed by atoms with Crippen molar-refractivity contribution in [3.05, 3.63) is 66.2 Å². The molecular formula is C22H24O5. The molecule has 0 aliphatic rings. The molecule has 0 bridgehead atoms. The van der Waals surface area contributed by atoms with Gasteiger partial charge in [-0.1, -0.05) is 25.8 Å². The first-order valence-corrected chi connectivity index (χ1v) is 8.97. The zero-order chi connectivity index (χ0) is 19.5. The smallest absolute Gasteiger partial charge is 0.343 e. The Labute approximate surface area is 159 Å². The topological polar surface area (TPSA) is 61.8 Å². The van der Waals surface area contributed by atoms with E-state index in [2.05, 4.69) is 6.92 Å². The highest BCUT2D eigenvalue weighted by Gasteiger charge is 2.09. The van der Waals surface area contributed by atoms with Crippen LogP contribution in [0, 0.1) is 0 Å². The molecule has 2 aromatic carbocycles. The van der Waals surface area contributed by atoms with Crippen molar-refractivity contribution in [1.29, 1.82) is 0 Å². The molecule has 0 fully saturated rings. The first-order valence-electron chi connectivity index (χ1n) is 8.97. The Hall–Kier alpha value is -3.08. The maximum atomic E-state index is 12.2. The first kappa shape index (κ1) is 20.2. The fraction of sp³-hybridized carbons (Fsp3) is 0.273. The molecule has 0 saturated heterocycles. The molecule has 0 heterocycles. The summed E-state index contributed by atoms with van der Waals surface area (Å²) >= 11 is 0. The molecule has 5 heteroatoms. The van der Waals surface area contributed by atoms with Crippen molar-refractivity contribution < 1.29 is 23.8 Å². The Morgan fingerprint density at radius 3 is 2.07 bits per heavy atom. The third-order valence-corrected chi connectivity index (χ3v) is 3.81. The van der Waals surface area contributed by atoms with Gasteiger partial charge in [0.05, 0.1) is 12.7 Å². The molecule has 0 atom stereocenters. The van der Waals surface area contributed by atoms with Gasteiger partial charge < -0.3 is 14.2 Å². The van der Waals surface area contributed by atoms with Gasteiger partial charge in [0.15, 0.2) is 0 Å². The predicted molar refractivity (Wildman–Crippen MR) is 103 cm³/mol. The van der Waals surface area contributed by atoms with E-state index in [9.17, 15) is 9.59 Å². The largest absolute Gasteiger partial charge is 0.497 e. The number of unbranched alkanes of at least 4 members (excludes halogenated alkanes) is 3. The van der Waals surface area contributed by atoms with Crippen LogP contribution in [0.25, 0.3) is 0 Å². The molecule has 0 unspecified atom stereocenters. The van der Waals surface area contributed by atoms with Gasteiger partial charge in [0.25, 0.3) is 0 Å². The van der Waals surface area contributed by atoms with Crippen LogP contribution in [-0.4, -0.2) is 19.0 Å². The van der Waals surface area contributed by atoms with Crippen molar-refractivity contribution in [3.8, 4) is 17.2 Å². The molecular weight excluding hydrogens is 344 g/mol. The Morgan fingerprint density at radius 1 is 0.852 bits per heavy atom. The van der Waals surface area contributed by atoms with Gasteiger partial charge in [-0.15, -0.1) is 0 Å². The highest BCUT2D eigenvalue weighted by Crippen LogP contribution is 2.19. The zero-order valence-corrected chi connectivity index (χ0v) is 15.6. The van der Waals surface area contributed by atoms with Gasteiger partial charge in [-0.05, 0) is 61.4 Å². The number of carbonyl (C=O) groups is 2. The molecule has 0 saturated carbocycles. The number of benzene rings is 2. The van der Waals surface area contributed by atoms with Crippen LogP contribution in [0.3, 0.4) is 0 Å². The average Bonchev–Trinajstić information content (AvgIpc) is 2.69. The second-order valence-electron chi connectivity index (χ2n) is 5.91. The summed E-state index contributed by atoms with van der Waals surface area (Å²) in [5.74, 6) is 0.554. The summed E-state index contributed by atoms with van der Waals surface area (Å²) in [6.07, 6.45) is 7.46. The highest BCUT2D eigenvalue weighted by atomic mass is 16.5. The second-order valence-corrected chi connectivity index (χ2v) is 5.91. The predicted octanol–water partition coefficient (Wildman–Crippen LogP) is 4.96. The lowest BCUT2D eigenvalue weighted by Crippen LogP contribution is -2.09. The van der Waals surface area contributed by atoms with Gasteiger partial charge in [0.2, 0.25) is 0 Å². The molecule has 0 radical (unpaired) electrons. The highest BCUT2D eigenvalue weighted by molar-refractivity contribution is 5.91. The van der Waals surface area contributed by atoms with Crippen molar-refractivity contribution in [2.45, 2.75) is 32.6 Å². The Balaban J connectivity index is 1.86. The first-order chi connectivity index (χ1) is 13.1. The van der Waals surface area contributed by atoms with Crippen molar-refractivity contribution in [2.24, 2.45) is 0 Å². The lowest BCUT2D eigenvalue weighted by Gasteiger charge is -2.06. The van der Waals surface area contributed by atoms with E-state index < -0.39 is 11.9 Å². The Bertz CT molecular complexity index is 760. The zero-order valence-electron chi connectivity index (χ0n) is 15.6. The van der Waals surface area contributed by atoms with Crippen LogP contribution < -0.4 is 14.2 Å². The molecule has 0 amide bonds. The lowest BCUT2D eigenvalue weighted by atomic mass is 10.2. The van der Waals surface area contributed by atoms with Gasteiger partial charge in [-0.2, -0.15) is 0 Å². The fourth-order valence-corrected chi connectivity index (χ4v) is 2.31. The number of carbonyl (C=O) groups excluding carboxylic acids is 2. The van der Waals surface area contributed by atoms with E-state index in [1.807, 2.05) is 6.08 Å². The summed E-state index contributed by atoms with van der Waals surface area (Å²) in [5, 5.41) is 0. The summed E-state index contributed by atoms with van der Waals surface area (Å²) < 4.78 is 15.6. The third kappa shape index (κ3) is 6.98. The molecule has 0 aromatic heterocycles. The minimum atomic E-state index is -0.492. The molecule has 2 aromatic rings. The van der Waals surface area contributed by atoms with Crippen LogP contribution in [0.15, 0.2) is 60.7 Å². The molecule has 0 aliphatic heterocycles. The number of hydrogen-bond donors (Lipinski definition) is 0. The Kier molecular flexibility index (Phi) is 8.10. The number of ether oxygens (including phenoxy) is 3. The molecule has 142 valence electrons. The summed E-state index contributed by atoms with van der Waals surface area (Å²) in [6, 6.07) is 13.0. The van der Waals surface area contributed by atoms with E-state index in [1.165, 1.54) is 6.08 Å². The second kappa shape index (κ2) is 10.8. The molecule has 0 aliphatic carbocycles. The summed E-state index contributed by atoms with van der Waals surface area (Å²) in [7, 11) is 1.57. The van der Waals surface area contributed by atoms with Gasteiger partial charge in [-0.25, -0.2) is 9.59 Å². The molecule has 2 rings (SSSR count). The van der Waals surface area contributed by atoms with Gasteiger partial charge in [-0.3, -0.25) is 0 Å². The van der Waals surface area contributed by atoms with Crippen LogP contribution in [0.2, 0.25) is 0 Å². The van der Waals surface area contributed by atoms with Crippen molar-refractivity contribution in [3.63, 3.8) is 0 Å². The van der Waals surface area contributed by atoms with E-state index in [0.717, 1.165) is 25.7 Å². The van der Waals surface area contributed by atoms with Gasteiger partial charge >= 0.3 is 11.9 Å². The maximum absolute atomic E-state index is 12.2. The van der Waals surface area contributed by atoms with Gasteiger partial charge in [0.1, 0.15) is 17.2 Å². The molecule has 0 N–H and O–H groups in total. The van der Waals surface area contributed by atoms with Crippen molar-refractivity contribution in [2.75, 3.05) is 7.11 Å². The minimum absolute atomic E-state index is 0.362.